The van der Waals surface area contributed by atoms with Crippen LogP contribution in [0.1, 0.15) is 27.9 Å². The fraction of sp³-hybridized carbons (Fsp3) is 0.391. The van der Waals surface area contributed by atoms with Gasteiger partial charge in [0, 0.05) is 20.1 Å². The molecule has 0 aliphatic carbocycles. The second-order valence-corrected chi connectivity index (χ2v) is 7.70. The van der Waals surface area contributed by atoms with Crippen molar-refractivity contribution in [3.8, 4) is 5.75 Å². The normalized spacial score (nSPS) is 24.2. The first-order chi connectivity index (χ1) is 14.0. The molecule has 0 aromatic heterocycles. The Morgan fingerprint density at radius 2 is 1.93 bits per heavy atom. The maximum absolute atomic E-state index is 13.4. The summed E-state index contributed by atoms with van der Waals surface area (Å²) in [5.41, 5.74) is 1.94. The zero-order valence-corrected chi connectivity index (χ0v) is 17.1. The summed E-state index contributed by atoms with van der Waals surface area (Å²) in [6.07, 6.45) is 0.324. The summed E-state index contributed by atoms with van der Waals surface area (Å²) >= 11 is 0. The lowest BCUT2D eigenvalue weighted by molar-refractivity contribution is -0.180. The van der Waals surface area contributed by atoms with Crippen molar-refractivity contribution in [3.05, 3.63) is 65.2 Å². The predicted octanol–water partition coefficient (Wildman–Crippen LogP) is 2.60. The molecule has 0 saturated carbocycles. The van der Waals surface area contributed by atoms with Gasteiger partial charge >= 0.3 is 0 Å². The van der Waals surface area contributed by atoms with Crippen molar-refractivity contribution in [1.82, 2.24) is 9.80 Å². The number of methoxy groups -OCH3 is 1. The summed E-state index contributed by atoms with van der Waals surface area (Å²) in [7, 11) is 3.42. The van der Waals surface area contributed by atoms with Crippen LogP contribution in [0, 0.1) is 6.92 Å². The highest BCUT2D eigenvalue weighted by molar-refractivity contribution is 5.98. The van der Waals surface area contributed by atoms with E-state index in [1.807, 2.05) is 72.3 Å². The summed E-state index contributed by atoms with van der Waals surface area (Å²) in [5, 5.41) is 0. The monoisotopic (exact) mass is 394 g/mol. The van der Waals surface area contributed by atoms with Gasteiger partial charge in [-0.05, 0) is 30.5 Å². The molecule has 2 aliphatic heterocycles. The van der Waals surface area contributed by atoms with E-state index >= 15 is 0 Å². The Labute approximate surface area is 171 Å². The Kier molecular flexibility index (Phi) is 5.04. The predicted molar refractivity (Wildman–Crippen MR) is 109 cm³/mol. The summed E-state index contributed by atoms with van der Waals surface area (Å²) < 4.78 is 11.4. The topological polar surface area (TPSA) is 59.1 Å². The van der Waals surface area contributed by atoms with Gasteiger partial charge in [-0.1, -0.05) is 42.5 Å². The molecule has 2 aliphatic rings. The van der Waals surface area contributed by atoms with Crippen LogP contribution < -0.4 is 4.74 Å². The van der Waals surface area contributed by atoms with Crippen molar-refractivity contribution in [1.29, 1.82) is 0 Å². The summed E-state index contributed by atoms with van der Waals surface area (Å²) in [5.74, 6) is 0.474. The van der Waals surface area contributed by atoms with Gasteiger partial charge in [-0.3, -0.25) is 9.59 Å². The second-order valence-electron chi connectivity index (χ2n) is 7.70. The number of fused-ring (bicyclic) bond motifs is 1. The molecule has 2 heterocycles. The standard InChI is InChI=1S/C23H26N2O4/c1-16-8-7-11-18(28-3)21(16)22(27)25-13-12-23(17-9-5-4-6-10-17)19(14-25)29-15-20(26)24(23)2/h4-11,19H,12-15H2,1-3H3/t19-,23+/m1/s1. The molecule has 0 radical (unpaired) electrons. The number of carbonyl (C=O) groups excluding carboxylic acids is 2. The number of carbonyl (C=O) groups is 2. The van der Waals surface area contributed by atoms with E-state index in [-0.39, 0.29) is 24.5 Å². The number of amides is 2. The molecule has 2 aromatic carbocycles. The van der Waals surface area contributed by atoms with Crippen LogP contribution in [0.3, 0.4) is 0 Å². The van der Waals surface area contributed by atoms with Gasteiger partial charge in [0.2, 0.25) is 5.91 Å². The molecule has 0 unspecified atom stereocenters. The van der Waals surface area contributed by atoms with Gasteiger partial charge in [0.15, 0.2) is 0 Å². The molecule has 0 bridgehead atoms. The number of likely N-dealkylation sites (N-methyl/N-ethyl adjacent to an activating group) is 1. The lowest BCUT2D eigenvalue weighted by Gasteiger charge is -2.54. The van der Waals surface area contributed by atoms with E-state index < -0.39 is 5.54 Å². The van der Waals surface area contributed by atoms with Crippen LogP contribution in [0.4, 0.5) is 0 Å². The van der Waals surface area contributed by atoms with E-state index in [1.165, 1.54) is 0 Å². The fourth-order valence-electron chi connectivity index (χ4n) is 4.65. The van der Waals surface area contributed by atoms with Crippen molar-refractivity contribution in [3.63, 3.8) is 0 Å². The third kappa shape index (κ3) is 3.08. The van der Waals surface area contributed by atoms with E-state index in [2.05, 4.69) is 0 Å². The lowest BCUT2D eigenvalue weighted by Crippen LogP contribution is -2.67. The molecule has 0 N–H and O–H groups in total. The molecule has 152 valence electrons. The average Bonchev–Trinajstić information content (AvgIpc) is 2.76. The van der Waals surface area contributed by atoms with Crippen molar-refractivity contribution in [2.75, 3.05) is 33.9 Å². The zero-order chi connectivity index (χ0) is 20.6. The molecule has 2 amide bonds. The number of morpholine rings is 1. The minimum Gasteiger partial charge on any atom is -0.496 e. The Morgan fingerprint density at radius 3 is 2.66 bits per heavy atom. The van der Waals surface area contributed by atoms with Gasteiger partial charge in [-0.2, -0.15) is 0 Å². The summed E-state index contributed by atoms with van der Waals surface area (Å²) in [6.45, 7) is 2.90. The molecular weight excluding hydrogens is 368 g/mol. The van der Waals surface area contributed by atoms with Crippen molar-refractivity contribution in [2.24, 2.45) is 0 Å². The first-order valence-electron chi connectivity index (χ1n) is 9.85. The van der Waals surface area contributed by atoms with Crippen LogP contribution in [-0.2, 0) is 15.1 Å². The van der Waals surface area contributed by atoms with Crippen molar-refractivity contribution < 1.29 is 19.1 Å². The van der Waals surface area contributed by atoms with Crippen LogP contribution in [0.2, 0.25) is 0 Å². The van der Waals surface area contributed by atoms with Crippen molar-refractivity contribution >= 4 is 11.8 Å². The molecule has 4 rings (SSSR count). The first-order valence-corrected chi connectivity index (χ1v) is 9.85. The minimum absolute atomic E-state index is 0.0332. The third-order valence-corrected chi connectivity index (χ3v) is 6.29. The van der Waals surface area contributed by atoms with E-state index in [0.29, 0.717) is 30.8 Å². The second kappa shape index (κ2) is 7.52. The zero-order valence-electron chi connectivity index (χ0n) is 17.1. The molecule has 29 heavy (non-hydrogen) atoms. The van der Waals surface area contributed by atoms with Crippen LogP contribution in [0.5, 0.6) is 5.75 Å². The summed E-state index contributed by atoms with van der Waals surface area (Å²) in [6, 6.07) is 15.6. The molecule has 0 spiro atoms. The van der Waals surface area contributed by atoms with Crippen molar-refractivity contribution in [2.45, 2.75) is 25.0 Å². The molecule has 2 aromatic rings. The molecular formula is C23H26N2O4. The van der Waals surface area contributed by atoms with E-state index in [0.717, 1.165) is 11.1 Å². The van der Waals surface area contributed by atoms with Crippen LogP contribution in [-0.4, -0.2) is 61.6 Å². The number of rotatable bonds is 3. The van der Waals surface area contributed by atoms with Gasteiger partial charge in [-0.25, -0.2) is 0 Å². The highest BCUT2D eigenvalue weighted by atomic mass is 16.5. The Hall–Kier alpha value is -2.86. The molecule has 6 heteroatoms. The van der Waals surface area contributed by atoms with Gasteiger partial charge in [0.1, 0.15) is 18.5 Å². The average molecular weight is 394 g/mol. The number of hydrogen-bond donors (Lipinski definition) is 0. The highest BCUT2D eigenvalue weighted by Gasteiger charge is 2.53. The number of hydrogen-bond acceptors (Lipinski definition) is 4. The number of aryl methyl sites for hydroxylation is 1. The first kappa shape index (κ1) is 19.5. The van der Waals surface area contributed by atoms with Gasteiger partial charge in [-0.15, -0.1) is 0 Å². The lowest BCUT2D eigenvalue weighted by atomic mass is 9.76. The maximum atomic E-state index is 13.4. The molecule has 6 nitrogen and oxygen atoms in total. The Bertz CT molecular complexity index is 930. The Balaban J connectivity index is 1.68. The van der Waals surface area contributed by atoms with Crippen LogP contribution in [0.25, 0.3) is 0 Å². The van der Waals surface area contributed by atoms with E-state index in [1.54, 1.807) is 7.11 Å². The largest absolute Gasteiger partial charge is 0.496 e. The molecule has 2 saturated heterocycles. The number of piperidine rings is 1. The maximum Gasteiger partial charge on any atom is 0.257 e. The number of likely N-dealkylation sites (tertiary alicyclic amines) is 1. The summed E-state index contributed by atoms with van der Waals surface area (Å²) in [4.78, 5) is 29.5. The SMILES string of the molecule is COc1cccc(C)c1C(=O)N1CC[C@]2(c3ccccc3)[C@@H](C1)OCC(=O)N2C. The number of benzene rings is 2. The van der Waals surface area contributed by atoms with E-state index in [4.69, 9.17) is 9.47 Å². The van der Waals surface area contributed by atoms with Crippen LogP contribution >= 0.6 is 0 Å². The van der Waals surface area contributed by atoms with Gasteiger partial charge in [0.25, 0.3) is 5.91 Å². The molecule has 2 atom stereocenters. The number of nitrogens with zero attached hydrogens (tertiary/aromatic N) is 2. The van der Waals surface area contributed by atoms with Gasteiger partial charge < -0.3 is 19.3 Å². The number of ether oxygens (including phenoxy) is 2. The Morgan fingerprint density at radius 1 is 1.17 bits per heavy atom. The van der Waals surface area contributed by atoms with Gasteiger partial charge in [0.05, 0.1) is 18.2 Å². The highest BCUT2D eigenvalue weighted by Crippen LogP contribution is 2.42. The quantitative estimate of drug-likeness (QED) is 0.803. The van der Waals surface area contributed by atoms with E-state index in [9.17, 15) is 9.59 Å². The smallest absolute Gasteiger partial charge is 0.257 e. The minimum atomic E-state index is -0.566. The fourth-order valence-corrected chi connectivity index (χ4v) is 4.65. The third-order valence-electron chi connectivity index (χ3n) is 6.29. The van der Waals surface area contributed by atoms with Crippen LogP contribution in [0.15, 0.2) is 48.5 Å². The molecule has 2 fully saturated rings.